The highest BCUT2D eigenvalue weighted by Crippen LogP contribution is 2.20. The Morgan fingerprint density at radius 2 is 1.96 bits per heavy atom. The normalized spacial score (nSPS) is 10.9. The highest BCUT2D eigenvalue weighted by atomic mass is 35.5. The van der Waals surface area contributed by atoms with Crippen LogP contribution in [0.15, 0.2) is 53.6 Å². The second-order valence-corrected chi connectivity index (χ2v) is 5.60. The molecular weight excluding hydrogens is 346 g/mol. The van der Waals surface area contributed by atoms with E-state index in [1.807, 2.05) is 48.5 Å². The van der Waals surface area contributed by atoms with E-state index in [1.54, 1.807) is 6.21 Å². The molecule has 122 valence electrons. The Morgan fingerprint density at radius 1 is 1.17 bits per heavy atom. The highest BCUT2D eigenvalue weighted by Gasteiger charge is 2.04. The number of para-hydroxylation sites is 1. The van der Waals surface area contributed by atoms with Crippen LogP contribution in [0.1, 0.15) is 11.1 Å². The minimum atomic E-state index is 0.358. The van der Waals surface area contributed by atoms with Crippen LogP contribution in [-0.2, 0) is 6.61 Å². The van der Waals surface area contributed by atoms with Crippen LogP contribution in [0.2, 0.25) is 5.02 Å². The van der Waals surface area contributed by atoms with Crippen molar-refractivity contribution in [3.8, 4) is 5.75 Å². The molecule has 0 saturated carbocycles. The third-order valence-electron chi connectivity index (χ3n) is 3.14. The molecule has 0 aliphatic carbocycles. The number of anilines is 1. The largest absolute Gasteiger partial charge is 0.488 e. The topological polar surface area (TPSA) is 78.1 Å². The monoisotopic (exact) mass is 359 g/mol. The predicted octanol–water partition coefficient (Wildman–Crippen LogP) is 4.15. The zero-order chi connectivity index (χ0) is 16.8. The first kappa shape index (κ1) is 16.2. The lowest BCUT2D eigenvalue weighted by atomic mass is 10.2. The Hall–Kier alpha value is -2.64. The molecule has 1 aromatic heterocycles. The van der Waals surface area contributed by atoms with E-state index in [-0.39, 0.29) is 0 Å². The van der Waals surface area contributed by atoms with Gasteiger partial charge in [-0.05, 0) is 30.4 Å². The zero-order valence-corrected chi connectivity index (χ0v) is 14.1. The number of ether oxygens (including phenoxy) is 1. The van der Waals surface area contributed by atoms with Crippen molar-refractivity contribution in [2.24, 2.45) is 5.10 Å². The van der Waals surface area contributed by atoms with Crippen molar-refractivity contribution in [2.75, 3.05) is 5.43 Å². The van der Waals surface area contributed by atoms with Gasteiger partial charge in [-0.1, -0.05) is 41.9 Å². The molecule has 0 unspecified atom stereocenters. The van der Waals surface area contributed by atoms with Crippen LogP contribution in [-0.4, -0.2) is 21.4 Å². The molecule has 24 heavy (non-hydrogen) atoms. The van der Waals surface area contributed by atoms with Gasteiger partial charge in [0.1, 0.15) is 12.4 Å². The van der Waals surface area contributed by atoms with Crippen molar-refractivity contribution in [1.29, 1.82) is 0 Å². The van der Waals surface area contributed by atoms with Crippen LogP contribution < -0.4 is 10.2 Å². The van der Waals surface area contributed by atoms with E-state index >= 15 is 0 Å². The average Bonchev–Trinajstić information content (AvgIpc) is 3.00. The molecule has 0 radical (unpaired) electrons. The van der Waals surface area contributed by atoms with Gasteiger partial charge in [-0.15, -0.1) is 0 Å². The molecule has 3 N–H and O–H groups in total. The average molecular weight is 360 g/mol. The molecule has 1 heterocycles. The quantitative estimate of drug-likeness (QED) is 0.351. The predicted molar refractivity (Wildman–Crippen MR) is 97.2 cm³/mol. The summed E-state index contributed by atoms with van der Waals surface area (Å²) in [4.78, 5) is 3.98. The summed E-state index contributed by atoms with van der Waals surface area (Å²) in [5.41, 5.74) is 4.50. The van der Waals surface area contributed by atoms with Crippen LogP contribution in [0.3, 0.4) is 0 Å². The summed E-state index contributed by atoms with van der Waals surface area (Å²) < 4.78 is 6.22. The van der Waals surface area contributed by atoms with Gasteiger partial charge in [0.15, 0.2) is 0 Å². The van der Waals surface area contributed by atoms with Gasteiger partial charge in [-0.3, -0.25) is 10.2 Å². The fourth-order valence-electron chi connectivity index (χ4n) is 1.98. The number of aromatic nitrogens is 3. The zero-order valence-electron chi connectivity index (χ0n) is 12.5. The maximum atomic E-state index is 6.15. The minimum absolute atomic E-state index is 0.358. The van der Waals surface area contributed by atoms with Gasteiger partial charge in [-0.25, -0.2) is 5.43 Å². The van der Waals surface area contributed by atoms with E-state index in [0.717, 1.165) is 11.1 Å². The molecule has 0 saturated heterocycles. The number of nitrogens with zero attached hydrogens (tertiary/aromatic N) is 2. The van der Waals surface area contributed by atoms with Gasteiger partial charge < -0.3 is 4.74 Å². The van der Waals surface area contributed by atoms with Gasteiger partial charge in [0.25, 0.3) is 0 Å². The standard InChI is InChI=1S/C16H14ClN5OS/c17-13-7-3-1-6-12(13)10-23-14-8-4-2-5-11(14)9-18-20-15-19-16(24)22-21-15/h1-9H,10H2,(H3,19,20,21,22,24)/b18-9+. The van der Waals surface area contributed by atoms with E-state index in [4.69, 9.17) is 28.6 Å². The summed E-state index contributed by atoms with van der Waals surface area (Å²) in [7, 11) is 0. The van der Waals surface area contributed by atoms with Gasteiger partial charge in [0.2, 0.25) is 10.7 Å². The molecule has 3 rings (SSSR count). The van der Waals surface area contributed by atoms with E-state index in [2.05, 4.69) is 25.7 Å². The first-order valence-electron chi connectivity index (χ1n) is 7.11. The van der Waals surface area contributed by atoms with Crippen LogP contribution >= 0.6 is 23.8 Å². The van der Waals surface area contributed by atoms with Crippen molar-refractivity contribution in [2.45, 2.75) is 6.61 Å². The third-order valence-corrected chi connectivity index (χ3v) is 3.70. The van der Waals surface area contributed by atoms with E-state index in [0.29, 0.717) is 28.1 Å². The van der Waals surface area contributed by atoms with E-state index in [1.165, 1.54) is 0 Å². The fraction of sp³-hybridized carbons (Fsp3) is 0.0625. The summed E-state index contributed by atoms with van der Waals surface area (Å²) in [6, 6.07) is 15.2. The molecular formula is C16H14ClN5OS. The molecule has 0 aliphatic rings. The molecule has 0 spiro atoms. The van der Waals surface area contributed by atoms with Gasteiger partial charge in [0.05, 0.1) is 6.21 Å². The van der Waals surface area contributed by atoms with E-state index < -0.39 is 0 Å². The summed E-state index contributed by atoms with van der Waals surface area (Å²) in [6.45, 7) is 0.379. The lowest BCUT2D eigenvalue weighted by Gasteiger charge is -2.10. The number of nitrogens with one attached hydrogen (secondary N) is 3. The van der Waals surface area contributed by atoms with Crippen molar-refractivity contribution < 1.29 is 4.74 Å². The lowest BCUT2D eigenvalue weighted by molar-refractivity contribution is 0.306. The smallest absolute Gasteiger partial charge is 0.238 e. The fourth-order valence-corrected chi connectivity index (χ4v) is 2.31. The highest BCUT2D eigenvalue weighted by molar-refractivity contribution is 7.71. The second-order valence-electron chi connectivity index (χ2n) is 4.80. The van der Waals surface area contributed by atoms with Gasteiger partial charge >= 0.3 is 0 Å². The molecule has 0 aliphatic heterocycles. The lowest BCUT2D eigenvalue weighted by Crippen LogP contribution is -2.00. The first-order chi connectivity index (χ1) is 11.7. The number of hydrazone groups is 1. The summed E-state index contributed by atoms with van der Waals surface area (Å²) in [6.07, 6.45) is 1.65. The molecule has 0 amide bonds. The summed E-state index contributed by atoms with van der Waals surface area (Å²) in [5, 5.41) is 10.2. The molecule has 3 aromatic rings. The number of halogens is 1. The van der Waals surface area contributed by atoms with Crippen LogP contribution in [0.4, 0.5) is 5.95 Å². The number of H-pyrrole nitrogens is 2. The Balaban J connectivity index is 1.68. The number of benzene rings is 2. The van der Waals surface area contributed by atoms with Crippen molar-refractivity contribution >= 4 is 36.0 Å². The maximum Gasteiger partial charge on any atom is 0.238 e. The number of hydrogen-bond acceptors (Lipinski definition) is 5. The Labute approximate surface area is 148 Å². The van der Waals surface area contributed by atoms with Gasteiger partial charge in [0, 0.05) is 16.1 Å². The van der Waals surface area contributed by atoms with Crippen LogP contribution in [0, 0.1) is 4.77 Å². The summed E-state index contributed by atoms with van der Waals surface area (Å²) in [5.74, 6) is 1.14. The molecule has 2 aromatic carbocycles. The van der Waals surface area contributed by atoms with Crippen molar-refractivity contribution in [3.05, 3.63) is 69.5 Å². The Morgan fingerprint density at radius 3 is 2.75 bits per heavy atom. The Kier molecular flexibility index (Phi) is 5.25. The third kappa shape index (κ3) is 4.21. The molecule has 6 nitrogen and oxygen atoms in total. The van der Waals surface area contributed by atoms with E-state index in [9.17, 15) is 0 Å². The van der Waals surface area contributed by atoms with Crippen LogP contribution in [0.5, 0.6) is 5.75 Å². The first-order valence-corrected chi connectivity index (χ1v) is 7.90. The Bertz CT molecular complexity index is 905. The number of hydrogen-bond donors (Lipinski definition) is 3. The van der Waals surface area contributed by atoms with Crippen molar-refractivity contribution in [3.63, 3.8) is 0 Å². The number of rotatable bonds is 6. The van der Waals surface area contributed by atoms with Gasteiger partial charge in [-0.2, -0.15) is 10.1 Å². The summed E-state index contributed by atoms with van der Waals surface area (Å²) >= 11 is 11.0. The number of aromatic amines is 2. The molecule has 0 atom stereocenters. The molecule has 8 heteroatoms. The van der Waals surface area contributed by atoms with Crippen molar-refractivity contribution in [1.82, 2.24) is 15.2 Å². The molecule has 0 bridgehead atoms. The minimum Gasteiger partial charge on any atom is -0.488 e. The second kappa shape index (κ2) is 7.76. The SMILES string of the molecule is S=c1nc(N/N=C/c2ccccc2OCc2ccccc2Cl)[nH][nH]1. The molecule has 0 fully saturated rings. The van der Waals surface area contributed by atoms with Crippen LogP contribution in [0.25, 0.3) is 0 Å². The maximum absolute atomic E-state index is 6.15.